The van der Waals surface area contributed by atoms with Crippen molar-refractivity contribution in [2.24, 2.45) is 0 Å². The fourth-order valence-corrected chi connectivity index (χ4v) is 2.23. The van der Waals surface area contributed by atoms with Crippen LogP contribution in [0.4, 0.5) is 0 Å². The number of ether oxygens (including phenoxy) is 2. The zero-order valence-corrected chi connectivity index (χ0v) is 13.8. The molecule has 1 aromatic carbocycles. The van der Waals surface area contributed by atoms with Crippen LogP contribution in [0.1, 0.15) is 22.6 Å². The standard InChI is InChI=1S/C18H21NO4/c1-12-9-15(13(2)23-12)11-19-18(20)8-6-14-5-7-16(21-3)17(10-14)22-4/h5-10H,11H2,1-4H3,(H,19,20)/b8-6+. The van der Waals surface area contributed by atoms with Crippen molar-refractivity contribution in [3.63, 3.8) is 0 Å². The largest absolute Gasteiger partial charge is 0.493 e. The molecule has 2 rings (SSSR count). The molecule has 5 nitrogen and oxygen atoms in total. The zero-order valence-electron chi connectivity index (χ0n) is 13.8. The topological polar surface area (TPSA) is 60.7 Å². The van der Waals surface area contributed by atoms with Crippen molar-refractivity contribution in [2.45, 2.75) is 20.4 Å². The van der Waals surface area contributed by atoms with E-state index in [1.165, 1.54) is 6.08 Å². The third-order valence-corrected chi connectivity index (χ3v) is 3.43. The van der Waals surface area contributed by atoms with E-state index in [1.807, 2.05) is 32.0 Å². The first kappa shape index (κ1) is 16.7. The van der Waals surface area contributed by atoms with Gasteiger partial charge in [-0.15, -0.1) is 0 Å². The highest BCUT2D eigenvalue weighted by Gasteiger charge is 2.06. The highest BCUT2D eigenvalue weighted by Crippen LogP contribution is 2.27. The monoisotopic (exact) mass is 315 g/mol. The first-order valence-electron chi connectivity index (χ1n) is 7.27. The predicted molar refractivity (Wildman–Crippen MR) is 88.6 cm³/mol. The molecule has 1 heterocycles. The van der Waals surface area contributed by atoms with Gasteiger partial charge in [0.25, 0.3) is 0 Å². The Hall–Kier alpha value is -2.69. The molecule has 1 amide bonds. The van der Waals surface area contributed by atoms with Gasteiger partial charge >= 0.3 is 0 Å². The Morgan fingerprint density at radius 2 is 1.91 bits per heavy atom. The number of carbonyl (C=O) groups is 1. The number of carbonyl (C=O) groups excluding carboxylic acids is 1. The number of rotatable bonds is 6. The van der Waals surface area contributed by atoms with Crippen molar-refractivity contribution in [3.8, 4) is 11.5 Å². The van der Waals surface area contributed by atoms with Gasteiger partial charge in [0.05, 0.1) is 14.2 Å². The molecule has 23 heavy (non-hydrogen) atoms. The summed E-state index contributed by atoms with van der Waals surface area (Å²) in [6.07, 6.45) is 3.22. The molecule has 0 unspecified atom stereocenters. The van der Waals surface area contributed by atoms with Crippen molar-refractivity contribution in [3.05, 3.63) is 53.0 Å². The SMILES string of the molecule is COc1ccc(/C=C/C(=O)NCc2cc(C)oc2C)cc1OC. The Balaban J connectivity index is 1.97. The van der Waals surface area contributed by atoms with Crippen LogP contribution in [-0.4, -0.2) is 20.1 Å². The summed E-state index contributed by atoms with van der Waals surface area (Å²) >= 11 is 0. The molecule has 0 aliphatic carbocycles. The summed E-state index contributed by atoms with van der Waals surface area (Å²) in [4.78, 5) is 11.9. The van der Waals surface area contributed by atoms with Crippen molar-refractivity contribution in [2.75, 3.05) is 14.2 Å². The van der Waals surface area contributed by atoms with Crippen molar-refractivity contribution in [1.82, 2.24) is 5.32 Å². The summed E-state index contributed by atoms with van der Waals surface area (Å²) in [5.41, 5.74) is 1.84. The van der Waals surface area contributed by atoms with Gasteiger partial charge in [0.15, 0.2) is 11.5 Å². The predicted octanol–water partition coefficient (Wildman–Crippen LogP) is 3.24. The highest BCUT2D eigenvalue weighted by molar-refractivity contribution is 5.91. The van der Waals surface area contributed by atoms with E-state index in [0.717, 1.165) is 22.6 Å². The normalized spacial score (nSPS) is 10.8. The molecule has 0 bridgehead atoms. The van der Waals surface area contributed by atoms with Gasteiger partial charge in [0, 0.05) is 18.2 Å². The average Bonchev–Trinajstić information content (AvgIpc) is 2.88. The van der Waals surface area contributed by atoms with Crippen LogP contribution in [0.5, 0.6) is 11.5 Å². The molecule has 0 radical (unpaired) electrons. The Labute approximate surface area is 135 Å². The lowest BCUT2D eigenvalue weighted by molar-refractivity contribution is -0.116. The maximum atomic E-state index is 11.9. The smallest absolute Gasteiger partial charge is 0.244 e. The Kier molecular flexibility index (Phi) is 5.46. The summed E-state index contributed by atoms with van der Waals surface area (Å²) in [6.45, 7) is 4.21. The van der Waals surface area contributed by atoms with Crippen LogP contribution >= 0.6 is 0 Å². The number of hydrogen-bond acceptors (Lipinski definition) is 4. The van der Waals surface area contributed by atoms with Crippen LogP contribution in [0.2, 0.25) is 0 Å². The van der Waals surface area contributed by atoms with Gasteiger partial charge in [-0.3, -0.25) is 4.79 Å². The zero-order chi connectivity index (χ0) is 16.8. The van der Waals surface area contributed by atoms with E-state index in [-0.39, 0.29) is 5.91 Å². The molecule has 0 spiro atoms. The maximum absolute atomic E-state index is 11.9. The van der Waals surface area contributed by atoms with Crippen LogP contribution in [0.3, 0.4) is 0 Å². The van der Waals surface area contributed by atoms with Gasteiger partial charge in [-0.25, -0.2) is 0 Å². The molecule has 122 valence electrons. The summed E-state index contributed by atoms with van der Waals surface area (Å²) in [5, 5.41) is 2.83. The average molecular weight is 315 g/mol. The maximum Gasteiger partial charge on any atom is 0.244 e. The van der Waals surface area contributed by atoms with Gasteiger partial charge < -0.3 is 19.2 Å². The minimum atomic E-state index is -0.168. The lowest BCUT2D eigenvalue weighted by Crippen LogP contribution is -2.20. The molecule has 0 atom stereocenters. The molecule has 0 aliphatic rings. The lowest BCUT2D eigenvalue weighted by Gasteiger charge is -2.07. The number of aryl methyl sites for hydroxylation is 2. The second-order valence-corrected chi connectivity index (χ2v) is 5.10. The number of amides is 1. The number of hydrogen-bond donors (Lipinski definition) is 1. The van der Waals surface area contributed by atoms with E-state index in [1.54, 1.807) is 26.4 Å². The minimum Gasteiger partial charge on any atom is -0.493 e. The first-order valence-corrected chi connectivity index (χ1v) is 7.27. The van der Waals surface area contributed by atoms with E-state index in [9.17, 15) is 4.79 Å². The molecule has 0 fully saturated rings. The van der Waals surface area contributed by atoms with E-state index >= 15 is 0 Å². The Morgan fingerprint density at radius 1 is 1.17 bits per heavy atom. The molecule has 2 aromatic rings. The molecule has 5 heteroatoms. The first-order chi connectivity index (χ1) is 11.0. The third kappa shape index (κ3) is 4.39. The number of benzene rings is 1. The third-order valence-electron chi connectivity index (χ3n) is 3.43. The van der Waals surface area contributed by atoms with Crippen molar-refractivity contribution in [1.29, 1.82) is 0 Å². The fourth-order valence-electron chi connectivity index (χ4n) is 2.23. The molecule has 1 N–H and O–H groups in total. The minimum absolute atomic E-state index is 0.168. The summed E-state index contributed by atoms with van der Waals surface area (Å²) in [6, 6.07) is 7.39. The van der Waals surface area contributed by atoms with Crippen LogP contribution in [0.25, 0.3) is 6.08 Å². The van der Waals surface area contributed by atoms with Crippen molar-refractivity contribution >= 4 is 12.0 Å². The van der Waals surface area contributed by atoms with E-state index in [0.29, 0.717) is 18.0 Å². The second kappa shape index (κ2) is 7.54. The van der Waals surface area contributed by atoms with E-state index in [2.05, 4.69) is 5.32 Å². The summed E-state index contributed by atoms with van der Waals surface area (Å²) in [7, 11) is 3.16. The molecule has 0 saturated carbocycles. The number of methoxy groups -OCH3 is 2. The van der Waals surface area contributed by atoms with Crippen LogP contribution in [0.15, 0.2) is 34.8 Å². The number of nitrogens with one attached hydrogen (secondary N) is 1. The van der Waals surface area contributed by atoms with E-state index in [4.69, 9.17) is 13.9 Å². The molecular formula is C18H21NO4. The van der Waals surface area contributed by atoms with Gasteiger partial charge in [-0.1, -0.05) is 6.07 Å². The highest BCUT2D eigenvalue weighted by atomic mass is 16.5. The second-order valence-electron chi connectivity index (χ2n) is 5.10. The Morgan fingerprint density at radius 3 is 2.52 bits per heavy atom. The molecule has 0 aliphatic heterocycles. The van der Waals surface area contributed by atoms with Crippen molar-refractivity contribution < 1.29 is 18.7 Å². The number of furan rings is 1. The molecular weight excluding hydrogens is 294 g/mol. The quantitative estimate of drug-likeness (QED) is 0.831. The van der Waals surface area contributed by atoms with Crippen LogP contribution < -0.4 is 14.8 Å². The Bertz CT molecular complexity index is 716. The van der Waals surface area contributed by atoms with Gasteiger partial charge in [0.2, 0.25) is 5.91 Å². The fraction of sp³-hybridized carbons (Fsp3) is 0.278. The summed E-state index contributed by atoms with van der Waals surface area (Å²) in [5.74, 6) is 2.77. The van der Waals surface area contributed by atoms with Gasteiger partial charge in [-0.05, 0) is 43.7 Å². The van der Waals surface area contributed by atoms with Gasteiger partial charge in [-0.2, -0.15) is 0 Å². The lowest BCUT2D eigenvalue weighted by atomic mass is 10.2. The summed E-state index contributed by atoms with van der Waals surface area (Å²) < 4.78 is 15.8. The molecule has 0 saturated heterocycles. The van der Waals surface area contributed by atoms with E-state index < -0.39 is 0 Å². The van der Waals surface area contributed by atoms with Crippen LogP contribution in [-0.2, 0) is 11.3 Å². The molecule has 1 aromatic heterocycles. The van der Waals surface area contributed by atoms with Gasteiger partial charge in [0.1, 0.15) is 11.5 Å². The van der Waals surface area contributed by atoms with Crippen LogP contribution in [0, 0.1) is 13.8 Å².